The summed E-state index contributed by atoms with van der Waals surface area (Å²) in [6.07, 6.45) is 9.22. The van der Waals surface area contributed by atoms with Gasteiger partial charge in [0.05, 0.1) is 10.6 Å². The van der Waals surface area contributed by atoms with E-state index >= 15 is 0 Å². The van der Waals surface area contributed by atoms with Gasteiger partial charge in [0.1, 0.15) is 5.69 Å². The summed E-state index contributed by atoms with van der Waals surface area (Å²) in [6.45, 7) is 2.75. The zero-order valence-electron chi connectivity index (χ0n) is 20.9. The van der Waals surface area contributed by atoms with Gasteiger partial charge in [-0.3, -0.25) is 9.59 Å². The van der Waals surface area contributed by atoms with Crippen LogP contribution < -0.4 is 11.1 Å². The maximum Gasteiger partial charge on any atom is 0.417 e. The van der Waals surface area contributed by atoms with Crippen LogP contribution >= 0.6 is 11.6 Å². The van der Waals surface area contributed by atoms with Crippen LogP contribution in [0, 0.1) is 12.8 Å². The average molecular weight is 544 g/mol. The molecule has 1 aliphatic rings. The maximum absolute atomic E-state index is 12.2. The van der Waals surface area contributed by atoms with Crippen LogP contribution in [-0.4, -0.2) is 29.3 Å². The molecule has 9 heteroatoms. The summed E-state index contributed by atoms with van der Waals surface area (Å²) in [7, 11) is 0. The molecule has 4 rings (SSSR count). The second-order valence-corrected chi connectivity index (χ2v) is 8.95. The minimum absolute atomic E-state index is 0.115. The molecule has 1 fully saturated rings. The van der Waals surface area contributed by atoms with Gasteiger partial charge >= 0.3 is 6.18 Å². The van der Waals surface area contributed by atoms with Crippen molar-refractivity contribution in [2.75, 3.05) is 6.54 Å². The number of ketones is 1. The van der Waals surface area contributed by atoms with Gasteiger partial charge in [-0.2, -0.15) is 13.2 Å². The van der Waals surface area contributed by atoms with Gasteiger partial charge in [-0.05, 0) is 55.5 Å². The Kier molecular flexibility index (Phi) is 11.5. The molecule has 38 heavy (non-hydrogen) atoms. The number of hydrogen-bond donors (Lipinski definition) is 2. The summed E-state index contributed by atoms with van der Waals surface area (Å²) in [6, 6.07) is 17.9. The molecule has 3 N–H and O–H groups in total. The number of terminal acetylenes is 1. The highest BCUT2D eigenvalue weighted by Crippen LogP contribution is 2.35. The van der Waals surface area contributed by atoms with E-state index < -0.39 is 28.4 Å². The van der Waals surface area contributed by atoms with Crippen LogP contribution in [0.25, 0.3) is 11.1 Å². The number of aromatic nitrogens is 1. The van der Waals surface area contributed by atoms with Crippen LogP contribution in [0.15, 0.2) is 60.8 Å². The molecule has 1 aliphatic heterocycles. The summed E-state index contributed by atoms with van der Waals surface area (Å²) in [4.78, 5) is 25.3. The third-order valence-corrected chi connectivity index (χ3v) is 6.26. The van der Waals surface area contributed by atoms with Gasteiger partial charge in [-0.1, -0.05) is 66.6 Å². The number of benzene rings is 2. The summed E-state index contributed by atoms with van der Waals surface area (Å²) in [5, 5.41) is 2.84. The average Bonchev–Trinajstić information content (AvgIpc) is 2.90. The number of pyridine rings is 1. The number of amides is 1. The molecule has 1 aromatic heterocycles. The van der Waals surface area contributed by atoms with Gasteiger partial charge in [0.25, 0.3) is 5.91 Å². The summed E-state index contributed by atoms with van der Waals surface area (Å²) in [5.74, 6) is -0.982. The molecule has 2 aromatic carbocycles. The number of Topliss-reactive ketones (excluding diaryl/α,β-unsaturated/α-hetero) is 1. The van der Waals surface area contributed by atoms with E-state index in [2.05, 4.69) is 47.4 Å². The van der Waals surface area contributed by atoms with Crippen molar-refractivity contribution >= 4 is 23.3 Å². The zero-order chi connectivity index (χ0) is 28.3. The third kappa shape index (κ3) is 8.72. The van der Waals surface area contributed by atoms with Crippen molar-refractivity contribution in [2.24, 2.45) is 5.73 Å². The molecule has 3 aromatic rings. The molecule has 0 aliphatic carbocycles. The lowest BCUT2D eigenvalue weighted by atomic mass is 9.95. The van der Waals surface area contributed by atoms with E-state index in [0.717, 1.165) is 24.7 Å². The summed E-state index contributed by atoms with van der Waals surface area (Å²) in [5.41, 5.74) is 7.62. The standard InChI is InChI=1S/C20H23NO.C7H4ClF3N2O.C2H2/c1-15(22)17-8-10-18(11-9-17)19-6-4-5-16(13-19)14-20-7-2-3-12-21-20;8-4-3(7(9,10)11)1-2-13-5(4)6(12)14;1-2/h4-6,8-11,13,20-21H,2-3,7,12,14H2,1H3;1-2H,(H2,12,14);1-2H/t20-;;/m0../s1. The Balaban J connectivity index is 0.000000274. The van der Waals surface area contributed by atoms with E-state index in [-0.39, 0.29) is 5.78 Å². The van der Waals surface area contributed by atoms with Gasteiger partial charge in [0, 0.05) is 17.8 Å². The molecule has 1 atom stereocenters. The van der Waals surface area contributed by atoms with Crippen molar-refractivity contribution in [3.8, 4) is 24.0 Å². The lowest BCUT2D eigenvalue weighted by Gasteiger charge is -2.23. The molecule has 0 bridgehead atoms. The summed E-state index contributed by atoms with van der Waals surface area (Å²) < 4.78 is 36.7. The molecule has 5 nitrogen and oxygen atoms in total. The molecule has 0 radical (unpaired) electrons. The molecule has 1 saturated heterocycles. The Bertz CT molecular complexity index is 1250. The number of primary amides is 1. The van der Waals surface area contributed by atoms with E-state index in [9.17, 15) is 22.8 Å². The second kappa shape index (κ2) is 14.3. The first-order valence-electron chi connectivity index (χ1n) is 11.8. The van der Waals surface area contributed by atoms with Crippen molar-refractivity contribution in [3.63, 3.8) is 0 Å². The lowest BCUT2D eigenvalue weighted by Crippen LogP contribution is -2.35. The molecule has 0 saturated carbocycles. The fourth-order valence-corrected chi connectivity index (χ4v) is 4.30. The van der Waals surface area contributed by atoms with Crippen molar-refractivity contribution in [1.29, 1.82) is 0 Å². The van der Waals surface area contributed by atoms with E-state index in [1.165, 1.54) is 36.0 Å². The Labute approximate surface area is 225 Å². The van der Waals surface area contributed by atoms with Crippen LogP contribution in [0.5, 0.6) is 0 Å². The van der Waals surface area contributed by atoms with Crippen LogP contribution in [0.1, 0.15) is 58.2 Å². The number of carbonyl (C=O) groups excluding carboxylic acids is 2. The Morgan fingerprint density at radius 2 is 1.76 bits per heavy atom. The van der Waals surface area contributed by atoms with Gasteiger partial charge < -0.3 is 11.1 Å². The SMILES string of the molecule is C#C.CC(=O)c1ccc(-c2cccc(C[C@@H]3CCCCN3)c2)cc1.NC(=O)c1nccc(C(F)(F)F)c1Cl. The highest BCUT2D eigenvalue weighted by Gasteiger charge is 2.34. The minimum Gasteiger partial charge on any atom is -0.364 e. The van der Waals surface area contributed by atoms with Gasteiger partial charge in [0.15, 0.2) is 5.78 Å². The smallest absolute Gasteiger partial charge is 0.364 e. The maximum atomic E-state index is 12.2. The number of nitrogens with one attached hydrogen (secondary N) is 1. The minimum atomic E-state index is -4.62. The van der Waals surface area contributed by atoms with Gasteiger partial charge in [-0.25, -0.2) is 4.98 Å². The number of rotatable bonds is 5. The normalized spacial score (nSPS) is 14.8. The monoisotopic (exact) mass is 543 g/mol. The van der Waals surface area contributed by atoms with Crippen molar-refractivity contribution in [1.82, 2.24) is 10.3 Å². The molecule has 1 amide bonds. The number of nitrogens with zero attached hydrogens (tertiary/aromatic N) is 1. The Morgan fingerprint density at radius 1 is 1.08 bits per heavy atom. The highest BCUT2D eigenvalue weighted by molar-refractivity contribution is 6.34. The fourth-order valence-electron chi connectivity index (χ4n) is 3.99. The Morgan fingerprint density at radius 3 is 2.32 bits per heavy atom. The molecule has 0 unspecified atom stereocenters. The van der Waals surface area contributed by atoms with E-state index in [4.69, 9.17) is 17.3 Å². The topological polar surface area (TPSA) is 85.1 Å². The van der Waals surface area contributed by atoms with Crippen molar-refractivity contribution < 1.29 is 22.8 Å². The molecular formula is C29H29ClF3N3O2. The molecule has 0 spiro atoms. The predicted octanol–water partition coefficient (Wildman–Crippen LogP) is 6.34. The first kappa shape index (κ1) is 30.6. The quantitative estimate of drug-likeness (QED) is 0.290. The number of piperidine rings is 1. The van der Waals surface area contributed by atoms with Crippen molar-refractivity contribution in [2.45, 2.75) is 44.8 Å². The third-order valence-electron chi connectivity index (χ3n) is 5.87. The van der Waals surface area contributed by atoms with Crippen LogP contribution in [0.2, 0.25) is 5.02 Å². The van der Waals surface area contributed by atoms with Crippen molar-refractivity contribution in [3.05, 3.63) is 88.2 Å². The first-order valence-corrected chi connectivity index (χ1v) is 12.2. The number of hydrogen-bond acceptors (Lipinski definition) is 4. The van der Waals surface area contributed by atoms with E-state index in [1.807, 2.05) is 24.3 Å². The second-order valence-electron chi connectivity index (χ2n) is 8.57. The largest absolute Gasteiger partial charge is 0.417 e. The van der Waals surface area contributed by atoms with E-state index in [1.54, 1.807) is 6.92 Å². The Hall–Kier alpha value is -3.67. The lowest BCUT2D eigenvalue weighted by molar-refractivity contribution is -0.137. The van der Waals surface area contributed by atoms with Crippen LogP contribution in [0.3, 0.4) is 0 Å². The van der Waals surface area contributed by atoms with Crippen LogP contribution in [0.4, 0.5) is 13.2 Å². The predicted molar refractivity (Wildman–Crippen MR) is 144 cm³/mol. The zero-order valence-corrected chi connectivity index (χ0v) is 21.6. The number of carbonyl (C=O) groups is 2. The van der Waals surface area contributed by atoms with Gasteiger partial charge in [-0.15, -0.1) is 12.8 Å². The molecule has 2 heterocycles. The van der Waals surface area contributed by atoms with Gasteiger partial charge in [0.2, 0.25) is 0 Å². The van der Waals surface area contributed by atoms with E-state index in [0.29, 0.717) is 12.1 Å². The number of nitrogens with two attached hydrogens (primary N) is 1. The number of alkyl halides is 3. The number of halogens is 4. The fraction of sp³-hybridized carbons (Fsp3) is 0.276. The van der Waals surface area contributed by atoms with Crippen LogP contribution in [-0.2, 0) is 12.6 Å². The molecular weight excluding hydrogens is 515 g/mol. The summed E-state index contributed by atoms with van der Waals surface area (Å²) >= 11 is 5.31. The molecule has 200 valence electrons. The highest BCUT2D eigenvalue weighted by atomic mass is 35.5. The first-order chi connectivity index (χ1) is 18.1.